The highest BCUT2D eigenvalue weighted by atomic mass is 16.2. The molecule has 20 heavy (non-hydrogen) atoms. The van der Waals surface area contributed by atoms with Gasteiger partial charge in [0.1, 0.15) is 5.69 Å². The molecular weight excluding hydrogens is 252 g/mol. The van der Waals surface area contributed by atoms with Gasteiger partial charge in [-0.05, 0) is 32.6 Å². The first-order valence-corrected chi connectivity index (χ1v) is 7.55. The second-order valence-electron chi connectivity index (χ2n) is 6.01. The van der Waals surface area contributed by atoms with Crippen LogP contribution in [0.2, 0.25) is 0 Å². The molecule has 0 aliphatic heterocycles. The van der Waals surface area contributed by atoms with Crippen LogP contribution in [0.25, 0.3) is 0 Å². The number of nitrogen functional groups attached to an aromatic ring is 1. The molecule has 5 nitrogen and oxygen atoms in total. The van der Waals surface area contributed by atoms with Crippen molar-refractivity contribution in [1.29, 1.82) is 0 Å². The van der Waals surface area contributed by atoms with E-state index in [1.165, 1.54) is 12.8 Å². The first-order valence-electron chi connectivity index (χ1n) is 7.55. The lowest BCUT2D eigenvalue weighted by atomic mass is 9.86. The molecule has 0 spiro atoms. The molecule has 1 amide bonds. The SMILES string of the molecule is CCn1nc(C)c(N)c1C(=O)N(C)C1CCCC(C)C1. The van der Waals surface area contributed by atoms with Crippen molar-refractivity contribution < 1.29 is 4.79 Å². The van der Waals surface area contributed by atoms with Gasteiger partial charge in [0.2, 0.25) is 0 Å². The molecule has 1 aromatic heterocycles. The molecule has 2 atom stereocenters. The average molecular weight is 278 g/mol. The van der Waals surface area contributed by atoms with Gasteiger partial charge in [-0.3, -0.25) is 9.48 Å². The van der Waals surface area contributed by atoms with Gasteiger partial charge in [0.05, 0.1) is 11.4 Å². The Morgan fingerprint density at radius 2 is 2.20 bits per heavy atom. The molecule has 1 aliphatic carbocycles. The molecule has 1 aliphatic rings. The fourth-order valence-electron chi connectivity index (χ4n) is 3.14. The zero-order chi connectivity index (χ0) is 14.9. The standard InChI is InChI=1S/C15H26N4O/c1-5-19-14(13(16)11(3)17-19)15(20)18(4)12-8-6-7-10(2)9-12/h10,12H,5-9,16H2,1-4H3. The van der Waals surface area contributed by atoms with E-state index < -0.39 is 0 Å². The Balaban J connectivity index is 2.22. The fraction of sp³-hybridized carbons (Fsp3) is 0.733. The number of aromatic nitrogens is 2. The van der Waals surface area contributed by atoms with Crippen LogP contribution in [0.15, 0.2) is 0 Å². The first kappa shape index (κ1) is 14.9. The van der Waals surface area contributed by atoms with Crippen molar-refractivity contribution in [3.05, 3.63) is 11.4 Å². The smallest absolute Gasteiger partial charge is 0.274 e. The van der Waals surface area contributed by atoms with Gasteiger partial charge in [0.15, 0.2) is 0 Å². The van der Waals surface area contributed by atoms with Gasteiger partial charge < -0.3 is 10.6 Å². The molecule has 1 saturated carbocycles. The van der Waals surface area contributed by atoms with Crippen LogP contribution in [-0.2, 0) is 6.54 Å². The van der Waals surface area contributed by atoms with Crippen LogP contribution in [0, 0.1) is 12.8 Å². The van der Waals surface area contributed by atoms with Crippen LogP contribution in [0.4, 0.5) is 5.69 Å². The summed E-state index contributed by atoms with van der Waals surface area (Å²) in [6.45, 7) is 6.75. The molecule has 1 heterocycles. The van der Waals surface area contributed by atoms with E-state index >= 15 is 0 Å². The number of hydrogen-bond donors (Lipinski definition) is 1. The van der Waals surface area contributed by atoms with Crippen molar-refractivity contribution in [3.8, 4) is 0 Å². The first-order chi connectivity index (χ1) is 9.45. The molecule has 0 saturated heterocycles. The second kappa shape index (κ2) is 5.85. The Bertz CT molecular complexity index is 494. The Hall–Kier alpha value is -1.52. The maximum Gasteiger partial charge on any atom is 0.274 e. The molecule has 5 heteroatoms. The lowest BCUT2D eigenvalue weighted by Crippen LogP contribution is -2.40. The fourth-order valence-corrected chi connectivity index (χ4v) is 3.14. The van der Waals surface area contributed by atoms with E-state index in [1.54, 1.807) is 4.68 Å². The number of amides is 1. The molecule has 0 radical (unpaired) electrons. The summed E-state index contributed by atoms with van der Waals surface area (Å²) in [4.78, 5) is 14.6. The highest BCUT2D eigenvalue weighted by Crippen LogP contribution is 2.28. The molecule has 112 valence electrons. The van der Waals surface area contributed by atoms with E-state index in [0.29, 0.717) is 29.9 Å². The zero-order valence-electron chi connectivity index (χ0n) is 13.0. The van der Waals surface area contributed by atoms with Crippen LogP contribution < -0.4 is 5.73 Å². The van der Waals surface area contributed by atoms with Crippen LogP contribution in [-0.4, -0.2) is 33.7 Å². The van der Waals surface area contributed by atoms with Crippen molar-refractivity contribution in [1.82, 2.24) is 14.7 Å². The third-order valence-corrected chi connectivity index (χ3v) is 4.45. The van der Waals surface area contributed by atoms with Crippen molar-refractivity contribution in [2.75, 3.05) is 12.8 Å². The summed E-state index contributed by atoms with van der Waals surface area (Å²) >= 11 is 0. The number of aryl methyl sites for hydroxylation is 2. The van der Waals surface area contributed by atoms with Gasteiger partial charge in [0.25, 0.3) is 5.91 Å². The third-order valence-electron chi connectivity index (χ3n) is 4.45. The monoisotopic (exact) mass is 278 g/mol. The number of anilines is 1. The maximum absolute atomic E-state index is 12.7. The van der Waals surface area contributed by atoms with Crippen LogP contribution in [0.3, 0.4) is 0 Å². The quantitative estimate of drug-likeness (QED) is 0.923. The van der Waals surface area contributed by atoms with Gasteiger partial charge in [-0.2, -0.15) is 5.10 Å². The Labute approximate surface area is 121 Å². The largest absolute Gasteiger partial charge is 0.395 e. The van der Waals surface area contributed by atoms with E-state index in [9.17, 15) is 4.79 Å². The average Bonchev–Trinajstić information content (AvgIpc) is 2.72. The lowest BCUT2D eigenvalue weighted by Gasteiger charge is -2.34. The number of nitrogens with two attached hydrogens (primary N) is 1. The van der Waals surface area contributed by atoms with Crippen molar-refractivity contribution >= 4 is 11.6 Å². The molecule has 1 fully saturated rings. The van der Waals surface area contributed by atoms with Gasteiger partial charge in [-0.25, -0.2) is 0 Å². The summed E-state index contributed by atoms with van der Waals surface area (Å²) < 4.78 is 1.72. The molecule has 0 aromatic carbocycles. The summed E-state index contributed by atoms with van der Waals surface area (Å²) in [6, 6.07) is 0.325. The second-order valence-corrected chi connectivity index (χ2v) is 6.01. The third kappa shape index (κ3) is 2.67. The predicted octanol–water partition coefficient (Wildman–Crippen LogP) is 2.44. The Morgan fingerprint density at radius 3 is 2.80 bits per heavy atom. The van der Waals surface area contributed by atoms with Crippen molar-refractivity contribution in [2.24, 2.45) is 5.92 Å². The minimum atomic E-state index is 0.00375. The van der Waals surface area contributed by atoms with Crippen molar-refractivity contribution in [2.45, 2.75) is 59.0 Å². The van der Waals surface area contributed by atoms with Crippen LogP contribution in [0.5, 0.6) is 0 Å². The normalized spacial score (nSPS) is 22.8. The minimum absolute atomic E-state index is 0.00375. The summed E-state index contributed by atoms with van der Waals surface area (Å²) in [5, 5.41) is 4.34. The van der Waals surface area contributed by atoms with Crippen LogP contribution >= 0.6 is 0 Å². The van der Waals surface area contributed by atoms with Gasteiger partial charge in [0, 0.05) is 19.6 Å². The van der Waals surface area contributed by atoms with E-state index in [0.717, 1.165) is 18.5 Å². The molecule has 2 rings (SSSR count). The van der Waals surface area contributed by atoms with Gasteiger partial charge >= 0.3 is 0 Å². The minimum Gasteiger partial charge on any atom is -0.395 e. The summed E-state index contributed by atoms with van der Waals surface area (Å²) in [7, 11) is 1.90. The highest BCUT2D eigenvalue weighted by Gasteiger charge is 2.29. The van der Waals surface area contributed by atoms with Crippen molar-refractivity contribution in [3.63, 3.8) is 0 Å². The number of hydrogen-bond acceptors (Lipinski definition) is 3. The zero-order valence-corrected chi connectivity index (χ0v) is 13.0. The molecule has 1 aromatic rings. The van der Waals surface area contributed by atoms with E-state index in [2.05, 4.69) is 12.0 Å². The van der Waals surface area contributed by atoms with E-state index in [1.807, 2.05) is 25.8 Å². The summed E-state index contributed by atoms with van der Waals surface area (Å²) in [5.74, 6) is 0.697. The van der Waals surface area contributed by atoms with Gasteiger partial charge in [-0.1, -0.05) is 19.8 Å². The molecule has 0 bridgehead atoms. The van der Waals surface area contributed by atoms with Crippen LogP contribution in [0.1, 0.15) is 55.7 Å². The predicted molar refractivity (Wildman–Crippen MR) is 80.6 cm³/mol. The van der Waals surface area contributed by atoms with Gasteiger partial charge in [-0.15, -0.1) is 0 Å². The Kier molecular flexibility index (Phi) is 4.35. The number of carbonyl (C=O) groups is 1. The molecular formula is C15H26N4O. The maximum atomic E-state index is 12.7. The molecule has 2 N–H and O–H groups in total. The Morgan fingerprint density at radius 1 is 1.50 bits per heavy atom. The lowest BCUT2D eigenvalue weighted by molar-refractivity contribution is 0.0661. The number of nitrogens with zero attached hydrogens (tertiary/aromatic N) is 3. The topological polar surface area (TPSA) is 64.2 Å². The summed E-state index contributed by atoms with van der Waals surface area (Å²) in [6.07, 6.45) is 4.64. The summed E-state index contributed by atoms with van der Waals surface area (Å²) in [5.41, 5.74) is 7.85. The molecule has 2 unspecified atom stereocenters. The number of rotatable bonds is 3. The van der Waals surface area contributed by atoms with E-state index in [-0.39, 0.29) is 5.91 Å². The van der Waals surface area contributed by atoms with E-state index in [4.69, 9.17) is 5.73 Å². The highest BCUT2D eigenvalue weighted by molar-refractivity contribution is 5.98. The number of carbonyl (C=O) groups excluding carboxylic acids is 1.